The Labute approximate surface area is 77.1 Å². The van der Waals surface area contributed by atoms with Crippen molar-refractivity contribution in [2.24, 2.45) is 4.99 Å². The van der Waals surface area contributed by atoms with E-state index in [0.29, 0.717) is 9.34 Å². The molecule has 60 valence electrons. The highest BCUT2D eigenvalue weighted by Crippen LogP contribution is 2.25. The number of isocyanates is 1. The van der Waals surface area contributed by atoms with Gasteiger partial charge >= 0.3 is 0 Å². The summed E-state index contributed by atoms with van der Waals surface area (Å²) in [5, 5.41) is 8.93. The minimum Gasteiger partial charge on any atom is -0.245 e. The van der Waals surface area contributed by atoms with Gasteiger partial charge in [0.05, 0.1) is 12.3 Å². The molecular formula is C6H2ClN3OS. The number of aliphatic imine (C=N–C) groups is 1. The van der Waals surface area contributed by atoms with Crippen LogP contribution in [0.25, 0.3) is 0 Å². The molecule has 1 aromatic heterocycles. The lowest BCUT2D eigenvalue weighted by Crippen LogP contribution is -1.88. The highest BCUT2D eigenvalue weighted by molar-refractivity contribution is 7.15. The van der Waals surface area contributed by atoms with E-state index in [-0.39, 0.29) is 0 Å². The van der Waals surface area contributed by atoms with E-state index in [4.69, 9.17) is 16.9 Å². The molecule has 0 aliphatic heterocycles. The topological polar surface area (TPSA) is 66.1 Å². The van der Waals surface area contributed by atoms with Crippen molar-refractivity contribution >= 4 is 29.0 Å². The summed E-state index contributed by atoms with van der Waals surface area (Å²) in [6.45, 7) is 0. The van der Waals surface area contributed by atoms with Crippen LogP contribution < -0.4 is 0 Å². The van der Waals surface area contributed by atoms with Crippen LogP contribution in [0.1, 0.15) is 11.0 Å². The summed E-state index contributed by atoms with van der Waals surface area (Å²) in [6.07, 6.45) is 2.71. The van der Waals surface area contributed by atoms with Crippen molar-refractivity contribution in [2.45, 2.75) is 6.04 Å². The summed E-state index contributed by atoms with van der Waals surface area (Å²) in [6, 6.07) is 0.918. The molecule has 6 heteroatoms. The lowest BCUT2D eigenvalue weighted by atomic mass is 10.4. The van der Waals surface area contributed by atoms with Crippen molar-refractivity contribution in [3.8, 4) is 6.07 Å². The van der Waals surface area contributed by atoms with E-state index < -0.39 is 6.04 Å². The van der Waals surface area contributed by atoms with Gasteiger partial charge < -0.3 is 0 Å². The molecule has 1 aromatic rings. The third-order valence-electron chi connectivity index (χ3n) is 1.03. The SMILES string of the molecule is N#CC(N=C=O)c1ncc(Cl)s1. The van der Waals surface area contributed by atoms with Crippen LogP contribution in [0.5, 0.6) is 0 Å². The van der Waals surface area contributed by atoms with Crippen molar-refractivity contribution in [1.29, 1.82) is 5.26 Å². The van der Waals surface area contributed by atoms with Crippen molar-refractivity contribution in [2.75, 3.05) is 0 Å². The van der Waals surface area contributed by atoms with Gasteiger partial charge in [-0.25, -0.2) is 9.78 Å². The Hall–Kier alpha value is -1.21. The maximum absolute atomic E-state index is 9.86. The number of hydrogen-bond acceptors (Lipinski definition) is 5. The Morgan fingerprint density at radius 2 is 2.58 bits per heavy atom. The summed E-state index contributed by atoms with van der Waals surface area (Å²) in [7, 11) is 0. The van der Waals surface area contributed by atoms with Gasteiger partial charge in [0.1, 0.15) is 9.34 Å². The molecule has 0 saturated heterocycles. The first-order valence-electron chi connectivity index (χ1n) is 2.85. The first-order chi connectivity index (χ1) is 5.77. The number of nitrogens with zero attached hydrogens (tertiary/aromatic N) is 3. The molecule has 1 atom stereocenters. The van der Waals surface area contributed by atoms with Crippen LogP contribution in [-0.2, 0) is 4.79 Å². The van der Waals surface area contributed by atoms with E-state index >= 15 is 0 Å². The quantitative estimate of drug-likeness (QED) is 0.538. The average Bonchev–Trinajstić information content (AvgIpc) is 2.47. The zero-order chi connectivity index (χ0) is 8.97. The zero-order valence-electron chi connectivity index (χ0n) is 5.69. The van der Waals surface area contributed by atoms with E-state index in [1.807, 2.05) is 0 Å². The number of nitriles is 1. The fourth-order valence-electron chi connectivity index (χ4n) is 0.585. The molecule has 1 rings (SSSR count). The number of aromatic nitrogens is 1. The minimum atomic E-state index is -0.875. The monoisotopic (exact) mass is 199 g/mol. The van der Waals surface area contributed by atoms with Gasteiger partial charge in [0.15, 0.2) is 6.04 Å². The Morgan fingerprint density at radius 1 is 1.83 bits per heavy atom. The highest BCUT2D eigenvalue weighted by atomic mass is 35.5. The molecule has 0 radical (unpaired) electrons. The van der Waals surface area contributed by atoms with E-state index in [2.05, 4.69) is 9.98 Å². The smallest absolute Gasteiger partial charge is 0.236 e. The third kappa shape index (κ3) is 1.89. The van der Waals surface area contributed by atoms with Crippen LogP contribution in [0.15, 0.2) is 11.2 Å². The van der Waals surface area contributed by atoms with E-state index in [1.165, 1.54) is 12.3 Å². The minimum absolute atomic E-state index is 0.408. The summed E-state index contributed by atoms with van der Waals surface area (Å²) in [5.41, 5.74) is 0. The van der Waals surface area contributed by atoms with Gasteiger partial charge in [0.25, 0.3) is 0 Å². The summed E-state index contributed by atoms with van der Waals surface area (Å²) in [5.74, 6) is 0. The van der Waals surface area contributed by atoms with Gasteiger partial charge in [-0.1, -0.05) is 11.6 Å². The molecule has 0 aromatic carbocycles. The second-order valence-corrected chi connectivity index (χ2v) is 3.45. The van der Waals surface area contributed by atoms with E-state index in [9.17, 15) is 4.79 Å². The zero-order valence-corrected chi connectivity index (χ0v) is 7.26. The molecule has 0 aliphatic rings. The molecule has 0 amide bonds. The molecule has 1 heterocycles. The molecule has 0 spiro atoms. The lowest BCUT2D eigenvalue weighted by molar-refractivity contribution is 0.561. The number of rotatable bonds is 2. The maximum Gasteiger partial charge on any atom is 0.236 e. The molecule has 12 heavy (non-hydrogen) atoms. The maximum atomic E-state index is 9.86. The predicted octanol–water partition coefficient (Wildman–Crippen LogP) is 1.70. The fourth-order valence-corrected chi connectivity index (χ4v) is 1.50. The van der Waals surface area contributed by atoms with Crippen LogP contribution >= 0.6 is 22.9 Å². The summed E-state index contributed by atoms with van der Waals surface area (Å²) in [4.78, 5) is 16.9. The second kappa shape index (κ2) is 3.98. The first kappa shape index (κ1) is 8.88. The van der Waals surface area contributed by atoms with Crippen molar-refractivity contribution < 1.29 is 4.79 Å². The van der Waals surface area contributed by atoms with Crippen molar-refractivity contribution in [3.63, 3.8) is 0 Å². The molecule has 1 unspecified atom stereocenters. The van der Waals surface area contributed by atoms with Gasteiger partial charge in [-0.2, -0.15) is 10.3 Å². The molecule has 4 nitrogen and oxygen atoms in total. The molecule has 0 N–H and O–H groups in total. The standard InChI is InChI=1S/C6H2ClN3OS/c7-5-2-9-6(12-5)4(1-8)10-3-11/h2,4H. The van der Waals surface area contributed by atoms with E-state index in [1.54, 1.807) is 6.07 Å². The van der Waals surface area contributed by atoms with Gasteiger partial charge in [-0.3, -0.25) is 0 Å². The van der Waals surface area contributed by atoms with Crippen molar-refractivity contribution in [3.05, 3.63) is 15.5 Å². The molecule has 0 saturated carbocycles. The third-order valence-corrected chi connectivity index (χ3v) is 2.20. The van der Waals surface area contributed by atoms with Gasteiger partial charge in [-0.05, 0) is 0 Å². The first-order valence-corrected chi connectivity index (χ1v) is 4.05. The van der Waals surface area contributed by atoms with Crippen molar-refractivity contribution in [1.82, 2.24) is 4.98 Å². The Bertz CT molecular complexity index is 363. The number of hydrogen-bond donors (Lipinski definition) is 0. The molecule has 0 aliphatic carbocycles. The highest BCUT2D eigenvalue weighted by Gasteiger charge is 2.12. The van der Waals surface area contributed by atoms with Gasteiger partial charge in [0, 0.05) is 0 Å². The fraction of sp³-hybridized carbons (Fsp3) is 0.167. The Morgan fingerprint density at radius 3 is 3.00 bits per heavy atom. The number of carbonyl (C=O) groups excluding carboxylic acids is 1. The number of thiazole rings is 1. The van der Waals surface area contributed by atoms with Crippen LogP contribution in [-0.4, -0.2) is 11.1 Å². The van der Waals surface area contributed by atoms with Crippen LogP contribution in [0.2, 0.25) is 4.34 Å². The molecule has 0 bridgehead atoms. The summed E-state index contributed by atoms with van der Waals surface area (Å²) < 4.78 is 0.464. The van der Waals surface area contributed by atoms with Gasteiger partial charge in [-0.15, -0.1) is 11.3 Å². The largest absolute Gasteiger partial charge is 0.245 e. The molecular weight excluding hydrogens is 198 g/mol. The predicted molar refractivity (Wildman–Crippen MR) is 43.6 cm³/mol. The lowest BCUT2D eigenvalue weighted by Gasteiger charge is -1.91. The normalized spacial score (nSPS) is 11.3. The Kier molecular flexibility index (Phi) is 2.94. The van der Waals surface area contributed by atoms with E-state index in [0.717, 1.165) is 11.3 Å². The number of halogens is 1. The average molecular weight is 200 g/mol. The Balaban J connectivity index is 2.96. The summed E-state index contributed by atoms with van der Waals surface area (Å²) >= 11 is 6.69. The van der Waals surface area contributed by atoms with Gasteiger partial charge in [0.2, 0.25) is 6.08 Å². The van der Waals surface area contributed by atoms with Crippen LogP contribution in [0, 0.1) is 11.3 Å². The van der Waals surface area contributed by atoms with Crippen LogP contribution in [0.3, 0.4) is 0 Å². The second-order valence-electron chi connectivity index (χ2n) is 1.75. The van der Waals surface area contributed by atoms with Crippen LogP contribution in [0.4, 0.5) is 0 Å². The molecule has 0 fully saturated rings.